The second-order valence-electron chi connectivity index (χ2n) is 6.33. The molecule has 2 atom stereocenters. The number of hydrogen-bond donors (Lipinski definition) is 1. The van der Waals surface area contributed by atoms with E-state index in [-0.39, 0.29) is 17.8 Å². The Morgan fingerprint density at radius 3 is 2.47 bits per heavy atom. The van der Waals surface area contributed by atoms with Crippen LogP contribution in [0.2, 0.25) is 0 Å². The summed E-state index contributed by atoms with van der Waals surface area (Å²) in [4.78, 5) is 14.5. The Kier molecular flexibility index (Phi) is 3.09. The molecule has 0 aromatic heterocycles. The van der Waals surface area contributed by atoms with Gasteiger partial charge in [-0.25, -0.2) is 0 Å². The predicted octanol–water partition coefficient (Wildman–Crippen LogP) is 0.826. The van der Waals surface area contributed by atoms with Gasteiger partial charge in [0, 0.05) is 19.6 Å². The van der Waals surface area contributed by atoms with Gasteiger partial charge in [-0.2, -0.15) is 0 Å². The Labute approximate surface area is 103 Å². The van der Waals surface area contributed by atoms with Crippen molar-refractivity contribution in [2.24, 2.45) is 5.92 Å². The zero-order valence-electron chi connectivity index (χ0n) is 11.2. The minimum absolute atomic E-state index is 0.0946. The Morgan fingerprint density at radius 2 is 2.06 bits per heavy atom. The third kappa shape index (κ3) is 2.39. The molecular formula is C13H23NO3. The van der Waals surface area contributed by atoms with Crippen LogP contribution in [0.4, 0.5) is 0 Å². The maximum Gasteiger partial charge on any atom is 0.171 e. The van der Waals surface area contributed by atoms with E-state index in [0.29, 0.717) is 13.1 Å². The van der Waals surface area contributed by atoms with Crippen molar-refractivity contribution >= 4 is 5.78 Å². The van der Waals surface area contributed by atoms with Crippen molar-refractivity contribution in [1.29, 1.82) is 0 Å². The fourth-order valence-electron chi connectivity index (χ4n) is 3.05. The Balaban J connectivity index is 2.07. The molecule has 2 aliphatic rings. The van der Waals surface area contributed by atoms with Gasteiger partial charge in [0.25, 0.3) is 0 Å². The first-order valence-corrected chi connectivity index (χ1v) is 6.37. The number of β-amino-alcohol motifs (C(OH)–C–C–N with tert-alkyl or cyclic N) is 1. The quantitative estimate of drug-likeness (QED) is 0.778. The summed E-state index contributed by atoms with van der Waals surface area (Å²) in [5, 5.41) is 9.51. The van der Waals surface area contributed by atoms with Crippen LogP contribution in [0.25, 0.3) is 0 Å². The lowest BCUT2D eigenvalue weighted by molar-refractivity contribution is -0.132. The van der Waals surface area contributed by atoms with E-state index < -0.39 is 11.2 Å². The number of ether oxygens (including phenoxy) is 1. The van der Waals surface area contributed by atoms with E-state index in [0.717, 1.165) is 13.0 Å². The number of nitrogens with zero attached hydrogens (tertiary/aromatic N) is 1. The molecule has 2 fully saturated rings. The van der Waals surface area contributed by atoms with Gasteiger partial charge in [-0.05, 0) is 34.1 Å². The number of hydrogen-bond acceptors (Lipinski definition) is 4. The average Bonchev–Trinajstić information content (AvgIpc) is 2.62. The Hall–Kier alpha value is -0.450. The predicted molar refractivity (Wildman–Crippen MR) is 64.8 cm³/mol. The number of aliphatic hydroxyl groups is 1. The zero-order valence-corrected chi connectivity index (χ0v) is 11.2. The van der Waals surface area contributed by atoms with Crippen molar-refractivity contribution in [3.05, 3.63) is 0 Å². The van der Waals surface area contributed by atoms with E-state index in [1.54, 1.807) is 0 Å². The van der Waals surface area contributed by atoms with Crippen LogP contribution in [0.15, 0.2) is 0 Å². The molecule has 0 aromatic carbocycles. The first-order chi connectivity index (χ1) is 7.72. The van der Waals surface area contributed by atoms with Crippen molar-refractivity contribution in [2.75, 3.05) is 19.6 Å². The molecule has 4 nitrogen and oxygen atoms in total. The molecule has 0 aromatic rings. The van der Waals surface area contributed by atoms with Gasteiger partial charge in [0.15, 0.2) is 5.78 Å². The second-order valence-corrected chi connectivity index (χ2v) is 6.33. The van der Waals surface area contributed by atoms with Crippen molar-refractivity contribution in [3.63, 3.8) is 0 Å². The van der Waals surface area contributed by atoms with Gasteiger partial charge in [0.2, 0.25) is 0 Å². The average molecular weight is 241 g/mol. The Morgan fingerprint density at radius 1 is 1.41 bits per heavy atom. The van der Waals surface area contributed by atoms with Crippen molar-refractivity contribution in [2.45, 2.75) is 51.4 Å². The zero-order chi connectivity index (χ0) is 12.8. The highest BCUT2D eigenvalue weighted by atomic mass is 16.5. The highest BCUT2D eigenvalue weighted by molar-refractivity contribution is 5.91. The van der Waals surface area contributed by atoms with Crippen LogP contribution >= 0.6 is 0 Å². The van der Waals surface area contributed by atoms with Crippen LogP contribution in [0.5, 0.6) is 0 Å². The number of Topliss-reactive ketones (excluding diaryl/α,β-unsaturated/α-hetero) is 1. The lowest BCUT2D eigenvalue weighted by Crippen LogP contribution is -2.40. The summed E-state index contributed by atoms with van der Waals surface area (Å²) in [7, 11) is 0. The molecule has 98 valence electrons. The van der Waals surface area contributed by atoms with E-state index in [1.807, 2.05) is 27.7 Å². The molecule has 2 saturated heterocycles. The van der Waals surface area contributed by atoms with Crippen molar-refractivity contribution < 1.29 is 14.6 Å². The van der Waals surface area contributed by atoms with E-state index in [9.17, 15) is 9.90 Å². The molecule has 17 heavy (non-hydrogen) atoms. The summed E-state index contributed by atoms with van der Waals surface area (Å²) in [5.74, 6) is 0.0895. The smallest absolute Gasteiger partial charge is 0.171 e. The van der Waals surface area contributed by atoms with Crippen LogP contribution in [0.3, 0.4) is 0 Å². The molecule has 1 N–H and O–H groups in total. The van der Waals surface area contributed by atoms with Crippen LogP contribution < -0.4 is 0 Å². The van der Waals surface area contributed by atoms with Crippen LogP contribution in [0.1, 0.15) is 34.1 Å². The largest absolute Gasteiger partial charge is 0.392 e. The molecule has 0 spiro atoms. The van der Waals surface area contributed by atoms with Gasteiger partial charge in [-0.15, -0.1) is 0 Å². The van der Waals surface area contributed by atoms with Gasteiger partial charge in [-0.1, -0.05) is 0 Å². The minimum Gasteiger partial charge on any atom is -0.392 e. The summed E-state index contributed by atoms with van der Waals surface area (Å²) in [6.07, 6.45) is 0.578. The van der Waals surface area contributed by atoms with Crippen LogP contribution in [-0.2, 0) is 9.53 Å². The maximum atomic E-state index is 12.3. The monoisotopic (exact) mass is 241 g/mol. The Bertz CT molecular complexity index is 325. The maximum absolute atomic E-state index is 12.3. The normalized spacial score (nSPS) is 36.6. The highest BCUT2D eigenvalue weighted by Gasteiger charge is 2.53. The van der Waals surface area contributed by atoms with Crippen molar-refractivity contribution in [3.8, 4) is 0 Å². The standard InChI is InChI=1S/C13H23NO3/c1-12(2)10(11(16)13(3,4)17-12)8-14-6-5-9(15)7-14/h9-10,15H,5-8H2,1-4H3. The third-order valence-electron chi connectivity index (χ3n) is 3.96. The van der Waals surface area contributed by atoms with Gasteiger partial charge < -0.3 is 9.84 Å². The lowest BCUT2D eigenvalue weighted by atomic mass is 9.85. The molecule has 0 amide bonds. The number of ketones is 1. The topological polar surface area (TPSA) is 49.8 Å². The van der Waals surface area contributed by atoms with Crippen molar-refractivity contribution in [1.82, 2.24) is 4.90 Å². The van der Waals surface area contributed by atoms with E-state index in [2.05, 4.69) is 4.90 Å². The lowest BCUT2D eigenvalue weighted by Gasteiger charge is -2.28. The molecule has 2 unspecified atom stereocenters. The third-order valence-corrected chi connectivity index (χ3v) is 3.96. The number of carbonyl (C=O) groups is 1. The molecule has 0 aliphatic carbocycles. The summed E-state index contributed by atoms with van der Waals surface area (Å²) in [6.45, 7) is 9.91. The summed E-state index contributed by atoms with van der Waals surface area (Å²) in [5.41, 5.74) is -1.08. The fourth-order valence-corrected chi connectivity index (χ4v) is 3.05. The number of likely N-dealkylation sites (tertiary alicyclic amines) is 1. The number of aliphatic hydroxyl groups excluding tert-OH is 1. The minimum atomic E-state index is -0.674. The first-order valence-electron chi connectivity index (χ1n) is 6.37. The van der Waals surface area contributed by atoms with Crippen LogP contribution in [-0.4, -0.2) is 52.7 Å². The van der Waals surface area contributed by atoms with Gasteiger partial charge >= 0.3 is 0 Å². The van der Waals surface area contributed by atoms with E-state index in [4.69, 9.17) is 4.74 Å². The molecular weight excluding hydrogens is 218 g/mol. The molecule has 0 radical (unpaired) electrons. The highest BCUT2D eigenvalue weighted by Crippen LogP contribution is 2.39. The summed E-state index contributed by atoms with van der Waals surface area (Å²) < 4.78 is 5.86. The molecule has 0 saturated carbocycles. The summed E-state index contributed by atoms with van der Waals surface area (Å²) in [6, 6.07) is 0. The molecule has 2 heterocycles. The van der Waals surface area contributed by atoms with Gasteiger partial charge in [-0.3, -0.25) is 9.69 Å². The van der Waals surface area contributed by atoms with Crippen LogP contribution in [0, 0.1) is 5.92 Å². The second kappa shape index (κ2) is 4.04. The number of carbonyl (C=O) groups excluding carboxylic acids is 1. The first kappa shape index (κ1) is 13.0. The number of rotatable bonds is 2. The SMILES string of the molecule is CC1(C)OC(C)(C)C(CN2CCC(O)C2)C1=O. The molecule has 0 bridgehead atoms. The molecule has 2 aliphatic heterocycles. The van der Waals surface area contributed by atoms with E-state index in [1.165, 1.54) is 0 Å². The van der Waals surface area contributed by atoms with Gasteiger partial charge in [0.1, 0.15) is 5.60 Å². The molecule has 2 rings (SSSR count). The molecule has 4 heteroatoms. The van der Waals surface area contributed by atoms with E-state index >= 15 is 0 Å². The van der Waals surface area contributed by atoms with Gasteiger partial charge in [0.05, 0.1) is 17.6 Å². The fraction of sp³-hybridized carbons (Fsp3) is 0.923. The summed E-state index contributed by atoms with van der Waals surface area (Å²) >= 11 is 0.